The van der Waals surface area contributed by atoms with Crippen molar-refractivity contribution in [1.29, 1.82) is 0 Å². The van der Waals surface area contributed by atoms with Gasteiger partial charge in [0.1, 0.15) is 0 Å². The maximum absolute atomic E-state index is 5.31. The molecule has 0 radical (unpaired) electrons. The Morgan fingerprint density at radius 1 is 1.45 bits per heavy atom. The summed E-state index contributed by atoms with van der Waals surface area (Å²) in [5, 5.41) is 0.832. The van der Waals surface area contributed by atoms with Crippen molar-refractivity contribution in [3.63, 3.8) is 0 Å². The van der Waals surface area contributed by atoms with Crippen LogP contribution in [0.15, 0.2) is 0 Å². The Bertz CT molecular complexity index is 99.7. The first-order valence-corrected chi connectivity index (χ1v) is 5.72. The normalized spacial score (nSPS) is 23.5. The van der Waals surface area contributed by atoms with Crippen LogP contribution >= 0.6 is 11.8 Å². The molecule has 0 aromatic carbocycles. The molecule has 1 atom stereocenters. The number of thioether (sulfide) groups is 1. The smallest absolute Gasteiger partial charge is 0.0468 e. The zero-order valence-corrected chi connectivity index (χ0v) is 8.32. The molecule has 1 unspecified atom stereocenters. The SMILES string of the molecule is CSC(C)CC1CCOCC1. The highest BCUT2D eigenvalue weighted by Gasteiger charge is 2.15. The van der Waals surface area contributed by atoms with Crippen LogP contribution < -0.4 is 0 Å². The van der Waals surface area contributed by atoms with Gasteiger partial charge in [-0.3, -0.25) is 0 Å². The molecule has 0 aromatic rings. The predicted octanol–water partition coefficient (Wildman–Crippen LogP) is 2.55. The van der Waals surface area contributed by atoms with Gasteiger partial charge in [0.15, 0.2) is 0 Å². The van der Waals surface area contributed by atoms with Gasteiger partial charge in [-0.05, 0) is 31.4 Å². The lowest BCUT2D eigenvalue weighted by Crippen LogP contribution is -2.18. The summed E-state index contributed by atoms with van der Waals surface area (Å²) in [4.78, 5) is 0. The summed E-state index contributed by atoms with van der Waals surface area (Å²) in [6, 6.07) is 0. The van der Waals surface area contributed by atoms with E-state index in [1.807, 2.05) is 11.8 Å². The van der Waals surface area contributed by atoms with Gasteiger partial charge in [-0.2, -0.15) is 11.8 Å². The molecule has 2 heteroatoms. The van der Waals surface area contributed by atoms with Gasteiger partial charge in [-0.1, -0.05) is 6.92 Å². The van der Waals surface area contributed by atoms with E-state index in [4.69, 9.17) is 4.74 Å². The van der Waals surface area contributed by atoms with Crippen LogP contribution in [0.5, 0.6) is 0 Å². The first-order chi connectivity index (χ1) is 5.33. The molecule has 0 aliphatic carbocycles. The van der Waals surface area contributed by atoms with Crippen molar-refractivity contribution in [3.8, 4) is 0 Å². The van der Waals surface area contributed by atoms with Crippen molar-refractivity contribution >= 4 is 11.8 Å². The van der Waals surface area contributed by atoms with E-state index >= 15 is 0 Å². The van der Waals surface area contributed by atoms with E-state index in [2.05, 4.69) is 13.2 Å². The van der Waals surface area contributed by atoms with E-state index in [9.17, 15) is 0 Å². The van der Waals surface area contributed by atoms with Crippen LogP contribution in [0.1, 0.15) is 26.2 Å². The van der Waals surface area contributed by atoms with E-state index in [1.165, 1.54) is 19.3 Å². The maximum atomic E-state index is 5.31. The van der Waals surface area contributed by atoms with Crippen LogP contribution in [-0.2, 0) is 4.74 Å². The molecule has 11 heavy (non-hydrogen) atoms. The van der Waals surface area contributed by atoms with Crippen LogP contribution in [-0.4, -0.2) is 24.7 Å². The van der Waals surface area contributed by atoms with Crippen molar-refractivity contribution in [2.75, 3.05) is 19.5 Å². The summed E-state index contributed by atoms with van der Waals surface area (Å²) >= 11 is 1.98. The Morgan fingerprint density at radius 3 is 2.64 bits per heavy atom. The molecule has 0 saturated carbocycles. The van der Waals surface area contributed by atoms with Crippen LogP contribution in [0.2, 0.25) is 0 Å². The van der Waals surface area contributed by atoms with Gasteiger partial charge in [0.05, 0.1) is 0 Å². The van der Waals surface area contributed by atoms with E-state index in [1.54, 1.807) is 0 Å². The molecule has 1 aliphatic heterocycles. The van der Waals surface area contributed by atoms with Gasteiger partial charge in [-0.25, -0.2) is 0 Å². The fraction of sp³-hybridized carbons (Fsp3) is 1.00. The first kappa shape index (κ1) is 9.40. The largest absolute Gasteiger partial charge is 0.381 e. The molecule has 1 saturated heterocycles. The van der Waals surface area contributed by atoms with Gasteiger partial charge in [0, 0.05) is 18.5 Å². The minimum Gasteiger partial charge on any atom is -0.381 e. The monoisotopic (exact) mass is 174 g/mol. The Kier molecular flexibility index (Phi) is 4.31. The molecule has 1 fully saturated rings. The second kappa shape index (κ2) is 5.04. The van der Waals surface area contributed by atoms with Gasteiger partial charge in [0.2, 0.25) is 0 Å². The Labute approximate surface area is 73.9 Å². The number of rotatable bonds is 3. The van der Waals surface area contributed by atoms with Gasteiger partial charge in [-0.15, -0.1) is 0 Å². The first-order valence-electron chi connectivity index (χ1n) is 4.43. The summed E-state index contributed by atoms with van der Waals surface area (Å²) < 4.78 is 5.31. The van der Waals surface area contributed by atoms with Gasteiger partial charge < -0.3 is 4.74 Å². The third-order valence-corrected chi connectivity index (χ3v) is 3.41. The van der Waals surface area contributed by atoms with Crippen molar-refractivity contribution in [3.05, 3.63) is 0 Å². The van der Waals surface area contributed by atoms with Crippen LogP contribution in [0.25, 0.3) is 0 Å². The molecule has 1 nitrogen and oxygen atoms in total. The molecule has 0 spiro atoms. The van der Waals surface area contributed by atoms with Crippen molar-refractivity contribution < 1.29 is 4.74 Å². The maximum Gasteiger partial charge on any atom is 0.0468 e. The van der Waals surface area contributed by atoms with Crippen molar-refractivity contribution in [2.24, 2.45) is 5.92 Å². The average molecular weight is 174 g/mol. The van der Waals surface area contributed by atoms with E-state index in [0.29, 0.717) is 0 Å². The van der Waals surface area contributed by atoms with Gasteiger partial charge >= 0.3 is 0 Å². The van der Waals surface area contributed by atoms with E-state index in [-0.39, 0.29) is 0 Å². The fourth-order valence-electron chi connectivity index (χ4n) is 1.55. The highest BCUT2D eigenvalue weighted by molar-refractivity contribution is 7.99. The fourth-order valence-corrected chi connectivity index (χ4v) is 2.01. The minimum absolute atomic E-state index is 0.832. The lowest BCUT2D eigenvalue weighted by atomic mass is 9.95. The van der Waals surface area contributed by atoms with Crippen LogP contribution in [0.3, 0.4) is 0 Å². The molecule has 66 valence electrons. The summed E-state index contributed by atoms with van der Waals surface area (Å²) in [5.41, 5.74) is 0. The minimum atomic E-state index is 0.832. The van der Waals surface area contributed by atoms with Gasteiger partial charge in [0.25, 0.3) is 0 Å². The summed E-state index contributed by atoms with van der Waals surface area (Å²) in [6.07, 6.45) is 6.14. The Morgan fingerprint density at radius 2 is 2.09 bits per heavy atom. The summed E-state index contributed by atoms with van der Waals surface area (Å²) in [6.45, 7) is 4.30. The topological polar surface area (TPSA) is 9.23 Å². The standard InChI is InChI=1S/C9H18OS/c1-8(11-2)7-9-3-5-10-6-4-9/h8-9H,3-7H2,1-2H3. The summed E-state index contributed by atoms with van der Waals surface area (Å²) in [5.74, 6) is 0.936. The molecule has 0 aromatic heterocycles. The second-order valence-corrected chi connectivity index (χ2v) is 4.61. The molecular weight excluding hydrogens is 156 g/mol. The molecule has 0 N–H and O–H groups in total. The number of hydrogen-bond acceptors (Lipinski definition) is 2. The zero-order chi connectivity index (χ0) is 8.10. The highest BCUT2D eigenvalue weighted by atomic mass is 32.2. The third-order valence-electron chi connectivity index (χ3n) is 2.41. The molecule has 1 heterocycles. The Hall–Kier alpha value is 0.310. The van der Waals surface area contributed by atoms with Crippen LogP contribution in [0, 0.1) is 5.92 Å². The van der Waals surface area contributed by atoms with Crippen molar-refractivity contribution in [2.45, 2.75) is 31.4 Å². The second-order valence-electron chi connectivity index (χ2n) is 3.34. The third kappa shape index (κ3) is 3.48. The van der Waals surface area contributed by atoms with E-state index in [0.717, 1.165) is 24.4 Å². The average Bonchev–Trinajstić information content (AvgIpc) is 2.06. The highest BCUT2D eigenvalue weighted by Crippen LogP contribution is 2.24. The van der Waals surface area contributed by atoms with Crippen molar-refractivity contribution in [1.82, 2.24) is 0 Å². The number of ether oxygens (including phenoxy) is 1. The Balaban J connectivity index is 2.13. The zero-order valence-electron chi connectivity index (χ0n) is 7.51. The lowest BCUT2D eigenvalue weighted by Gasteiger charge is -2.23. The van der Waals surface area contributed by atoms with Crippen LogP contribution in [0.4, 0.5) is 0 Å². The molecule has 0 amide bonds. The summed E-state index contributed by atoms with van der Waals surface area (Å²) in [7, 11) is 0. The molecule has 1 aliphatic rings. The number of hydrogen-bond donors (Lipinski definition) is 0. The predicted molar refractivity (Wildman–Crippen MR) is 51.1 cm³/mol. The lowest BCUT2D eigenvalue weighted by molar-refractivity contribution is 0.0641. The van der Waals surface area contributed by atoms with E-state index < -0.39 is 0 Å². The molecular formula is C9H18OS. The molecule has 0 bridgehead atoms. The quantitative estimate of drug-likeness (QED) is 0.650. The molecule has 1 rings (SSSR count).